The largest absolute Gasteiger partial charge is 0.508 e. The average Bonchev–Trinajstić information content (AvgIpc) is 3.38. The van der Waals surface area contributed by atoms with Crippen LogP contribution in [0.2, 0.25) is 0 Å². The first-order valence-corrected chi connectivity index (χ1v) is 11.4. The topological polar surface area (TPSA) is 80.5 Å². The molecule has 2 aliphatic rings. The summed E-state index contributed by atoms with van der Waals surface area (Å²) in [6, 6.07) is 7.28. The van der Waals surface area contributed by atoms with Gasteiger partial charge >= 0.3 is 0 Å². The van der Waals surface area contributed by atoms with Crippen LogP contribution in [0.1, 0.15) is 39.0 Å². The fourth-order valence-corrected chi connectivity index (χ4v) is 4.89. The number of carbonyl (C=O) groups excluding carboxylic acids is 1. The van der Waals surface area contributed by atoms with E-state index < -0.39 is 0 Å². The molecule has 29 heavy (non-hydrogen) atoms. The predicted octanol–water partition coefficient (Wildman–Crippen LogP) is 3.32. The van der Waals surface area contributed by atoms with Gasteiger partial charge in [0.25, 0.3) is 0 Å². The van der Waals surface area contributed by atoms with Gasteiger partial charge in [0.2, 0.25) is 5.91 Å². The number of benzene rings is 1. The monoisotopic (exact) mass is 416 g/mol. The Hall–Kier alpha value is -2.06. The Balaban J connectivity index is 1.52. The Labute approximate surface area is 175 Å². The van der Waals surface area contributed by atoms with Crippen LogP contribution in [0, 0.1) is 0 Å². The zero-order valence-corrected chi connectivity index (χ0v) is 17.6. The van der Waals surface area contributed by atoms with Crippen molar-refractivity contribution in [1.82, 2.24) is 19.7 Å². The molecule has 1 amide bonds. The van der Waals surface area contributed by atoms with Crippen molar-refractivity contribution in [2.24, 2.45) is 0 Å². The lowest BCUT2D eigenvalue weighted by atomic mass is 10.0. The lowest BCUT2D eigenvalue weighted by molar-refractivity contribution is -0.131. The van der Waals surface area contributed by atoms with Gasteiger partial charge in [-0.1, -0.05) is 11.8 Å². The number of rotatable bonds is 6. The second-order valence-electron chi connectivity index (χ2n) is 7.82. The SMILES string of the molecule is C[C@@H]1CCCCN1C(=O)CSc1nnc(-c2ccc(O)cc2)n1C[C@H]1CCCO1. The number of aromatic nitrogens is 3. The Bertz CT molecular complexity index is 833. The molecule has 0 bridgehead atoms. The van der Waals surface area contributed by atoms with E-state index in [1.54, 1.807) is 12.1 Å². The quantitative estimate of drug-likeness (QED) is 0.728. The van der Waals surface area contributed by atoms with Crippen LogP contribution in [0.3, 0.4) is 0 Å². The predicted molar refractivity (Wildman–Crippen MR) is 112 cm³/mol. The van der Waals surface area contributed by atoms with Gasteiger partial charge in [-0.05, 0) is 63.3 Å². The molecule has 156 valence electrons. The normalized spacial score (nSPS) is 22.2. The second kappa shape index (κ2) is 9.17. The van der Waals surface area contributed by atoms with Crippen LogP contribution < -0.4 is 0 Å². The van der Waals surface area contributed by atoms with Crippen molar-refractivity contribution >= 4 is 17.7 Å². The van der Waals surface area contributed by atoms with Crippen molar-refractivity contribution in [2.75, 3.05) is 18.9 Å². The molecule has 4 rings (SSSR count). The third-order valence-electron chi connectivity index (χ3n) is 5.70. The smallest absolute Gasteiger partial charge is 0.233 e. The lowest BCUT2D eigenvalue weighted by Gasteiger charge is -2.33. The third-order valence-corrected chi connectivity index (χ3v) is 6.65. The summed E-state index contributed by atoms with van der Waals surface area (Å²) in [5.41, 5.74) is 0.885. The first kappa shape index (κ1) is 20.2. The summed E-state index contributed by atoms with van der Waals surface area (Å²) in [5, 5.41) is 19.1. The minimum atomic E-state index is 0.138. The molecule has 0 saturated carbocycles. The molecule has 2 saturated heterocycles. The van der Waals surface area contributed by atoms with Crippen molar-refractivity contribution in [2.45, 2.75) is 62.9 Å². The molecule has 0 unspecified atom stereocenters. The third kappa shape index (κ3) is 4.75. The molecule has 3 heterocycles. The van der Waals surface area contributed by atoms with Crippen LogP contribution in [0.4, 0.5) is 0 Å². The van der Waals surface area contributed by atoms with E-state index in [2.05, 4.69) is 21.7 Å². The van der Waals surface area contributed by atoms with Gasteiger partial charge in [-0.3, -0.25) is 9.36 Å². The van der Waals surface area contributed by atoms with Crippen molar-refractivity contribution in [1.29, 1.82) is 0 Å². The van der Waals surface area contributed by atoms with E-state index in [4.69, 9.17) is 4.74 Å². The van der Waals surface area contributed by atoms with Crippen LogP contribution in [0.25, 0.3) is 11.4 Å². The molecule has 0 aliphatic carbocycles. The summed E-state index contributed by atoms with van der Waals surface area (Å²) in [6.45, 7) is 4.43. The first-order valence-electron chi connectivity index (χ1n) is 10.4. The number of ether oxygens (including phenoxy) is 1. The standard InChI is InChI=1S/C21H28N4O3S/c1-15-5-2-3-11-24(15)19(27)14-29-21-23-22-20(16-7-9-17(26)10-8-16)25(21)13-18-6-4-12-28-18/h7-10,15,18,26H,2-6,11-14H2,1H3/t15-,18-/m1/s1. The zero-order valence-electron chi connectivity index (χ0n) is 16.8. The number of thioether (sulfide) groups is 1. The van der Waals surface area contributed by atoms with E-state index in [9.17, 15) is 9.90 Å². The van der Waals surface area contributed by atoms with Crippen LogP contribution in [0.5, 0.6) is 5.75 Å². The molecular formula is C21H28N4O3S. The Morgan fingerprint density at radius 3 is 2.76 bits per heavy atom. The summed E-state index contributed by atoms with van der Waals surface area (Å²) in [5.74, 6) is 1.49. The summed E-state index contributed by atoms with van der Waals surface area (Å²) in [7, 11) is 0. The minimum absolute atomic E-state index is 0.138. The number of phenols is 1. The first-order chi connectivity index (χ1) is 14.1. The van der Waals surface area contributed by atoms with Crippen LogP contribution in [0.15, 0.2) is 29.4 Å². The number of carbonyl (C=O) groups is 1. The van der Waals surface area contributed by atoms with Crippen molar-refractivity contribution in [3.05, 3.63) is 24.3 Å². The molecule has 7 nitrogen and oxygen atoms in total. The number of piperidine rings is 1. The van der Waals surface area contributed by atoms with E-state index in [1.807, 2.05) is 17.0 Å². The fraction of sp³-hybridized carbons (Fsp3) is 0.571. The van der Waals surface area contributed by atoms with Gasteiger partial charge < -0.3 is 14.7 Å². The van der Waals surface area contributed by atoms with Gasteiger partial charge in [-0.25, -0.2) is 0 Å². The highest BCUT2D eigenvalue weighted by Gasteiger charge is 2.25. The fourth-order valence-electron chi connectivity index (χ4n) is 4.05. The molecule has 2 aromatic rings. The van der Waals surface area contributed by atoms with E-state index >= 15 is 0 Å². The second-order valence-corrected chi connectivity index (χ2v) is 8.76. The maximum absolute atomic E-state index is 12.7. The summed E-state index contributed by atoms with van der Waals surface area (Å²) in [4.78, 5) is 14.7. The highest BCUT2D eigenvalue weighted by atomic mass is 32.2. The van der Waals surface area contributed by atoms with Gasteiger partial charge in [-0.15, -0.1) is 10.2 Å². The van der Waals surface area contributed by atoms with Crippen LogP contribution in [-0.4, -0.2) is 61.7 Å². The molecule has 1 aromatic heterocycles. The zero-order chi connectivity index (χ0) is 20.2. The molecular weight excluding hydrogens is 388 g/mol. The summed E-state index contributed by atoms with van der Waals surface area (Å²) < 4.78 is 7.88. The Kier molecular flexibility index (Phi) is 6.40. The average molecular weight is 417 g/mol. The molecule has 2 fully saturated rings. The lowest BCUT2D eigenvalue weighted by Crippen LogP contribution is -2.43. The highest BCUT2D eigenvalue weighted by molar-refractivity contribution is 7.99. The number of nitrogens with zero attached hydrogens (tertiary/aromatic N) is 4. The number of phenolic OH excluding ortho intramolecular Hbond substituents is 1. The molecule has 8 heteroatoms. The van der Waals surface area contributed by atoms with E-state index in [0.29, 0.717) is 18.3 Å². The number of hydrogen-bond acceptors (Lipinski definition) is 6. The van der Waals surface area contributed by atoms with Gasteiger partial charge in [0.15, 0.2) is 11.0 Å². The van der Waals surface area contributed by atoms with Gasteiger partial charge in [-0.2, -0.15) is 0 Å². The molecule has 0 radical (unpaired) electrons. The molecule has 2 atom stereocenters. The van der Waals surface area contributed by atoms with Gasteiger partial charge in [0, 0.05) is 24.8 Å². The van der Waals surface area contributed by atoms with Crippen molar-refractivity contribution < 1.29 is 14.6 Å². The number of likely N-dealkylation sites (tertiary alicyclic amines) is 1. The Morgan fingerprint density at radius 1 is 1.21 bits per heavy atom. The van der Waals surface area contributed by atoms with E-state index in [-0.39, 0.29) is 17.8 Å². The van der Waals surface area contributed by atoms with Crippen LogP contribution >= 0.6 is 11.8 Å². The molecule has 0 spiro atoms. The summed E-state index contributed by atoms with van der Waals surface area (Å²) in [6.07, 6.45) is 5.58. The molecule has 1 N–H and O–H groups in total. The summed E-state index contributed by atoms with van der Waals surface area (Å²) >= 11 is 1.45. The number of aromatic hydroxyl groups is 1. The Morgan fingerprint density at radius 2 is 2.03 bits per heavy atom. The maximum Gasteiger partial charge on any atom is 0.233 e. The van der Waals surface area contributed by atoms with Crippen molar-refractivity contribution in [3.8, 4) is 17.1 Å². The van der Waals surface area contributed by atoms with Gasteiger partial charge in [0.05, 0.1) is 18.4 Å². The van der Waals surface area contributed by atoms with Gasteiger partial charge in [0.1, 0.15) is 5.75 Å². The van der Waals surface area contributed by atoms with Crippen LogP contribution in [-0.2, 0) is 16.1 Å². The van der Waals surface area contributed by atoms with E-state index in [0.717, 1.165) is 55.4 Å². The van der Waals surface area contributed by atoms with Crippen molar-refractivity contribution in [3.63, 3.8) is 0 Å². The maximum atomic E-state index is 12.7. The van der Waals surface area contributed by atoms with E-state index in [1.165, 1.54) is 18.2 Å². The molecule has 1 aromatic carbocycles. The number of amides is 1. The molecule has 2 aliphatic heterocycles. The highest BCUT2D eigenvalue weighted by Crippen LogP contribution is 2.28. The number of hydrogen-bond donors (Lipinski definition) is 1. The minimum Gasteiger partial charge on any atom is -0.508 e.